The van der Waals surface area contributed by atoms with E-state index in [1.807, 2.05) is 70.5 Å². The van der Waals surface area contributed by atoms with Crippen molar-refractivity contribution in [2.45, 2.75) is 11.9 Å². The molecule has 5 nitrogen and oxygen atoms in total. The van der Waals surface area contributed by atoms with E-state index in [-0.39, 0.29) is 17.2 Å². The SMILES string of the molecule is O=C(c1ccc([C@H]2SCC(=O)N2Cc2ccccc2)cc1)N1CCN(C/C=C/c2ccccc2)CC1. The quantitative estimate of drug-likeness (QED) is 0.464. The van der Waals surface area contributed by atoms with Crippen LogP contribution in [-0.2, 0) is 11.3 Å². The van der Waals surface area contributed by atoms with Gasteiger partial charge in [-0.2, -0.15) is 0 Å². The van der Waals surface area contributed by atoms with Crippen LogP contribution in [0.5, 0.6) is 0 Å². The Morgan fingerprint density at radius 3 is 2.22 bits per heavy atom. The lowest BCUT2D eigenvalue weighted by Crippen LogP contribution is -2.48. The molecule has 0 bridgehead atoms. The van der Waals surface area contributed by atoms with Crippen LogP contribution in [0, 0.1) is 0 Å². The molecule has 36 heavy (non-hydrogen) atoms. The molecule has 3 aromatic carbocycles. The van der Waals surface area contributed by atoms with E-state index in [4.69, 9.17) is 0 Å². The second-order valence-electron chi connectivity index (χ2n) is 9.20. The molecule has 0 spiro atoms. The van der Waals surface area contributed by atoms with E-state index in [9.17, 15) is 9.59 Å². The maximum Gasteiger partial charge on any atom is 0.253 e. The topological polar surface area (TPSA) is 43.9 Å². The molecule has 2 aliphatic rings. The van der Waals surface area contributed by atoms with Gasteiger partial charge in [0.25, 0.3) is 5.91 Å². The van der Waals surface area contributed by atoms with Gasteiger partial charge in [0.15, 0.2) is 0 Å². The van der Waals surface area contributed by atoms with Crippen LogP contribution in [0.1, 0.15) is 32.4 Å². The third-order valence-electron chi connectivity index (χ3n) is 6.74. The predicted molar refractivity (Wildman–Crippen MR) is 146 cm³/mol. The molecule has 3 aromatic rings. The monoisotopic (exact) mass is 497 g/mol. The van der Waals surface area contributed by atoms with Crippen molar-refractivity contribution in [1.82, 2.24) is 14.7 Å². The van der Waals surface area contributed by atoms with Crippen molar-refractivity contribution in [2.24, 2.45) is 0 Å². The van der Waals surface area contributed by atoms with Crippen molar-refractivity contribution >= 4 is 29.7 Å². The Labute approximate surface area is 217 Å². The number of piperazine rings is 1. The third kappa shape index (κ3) is 5.89. The summed E-state index contributed by atoms with van der Waals surface area (Å²) in [7, 11) is 0. The number of carbonyl (C=O) groups excluding carboxylic acids is 2. The Morgan fingerprint density at radius 2 is 1.53 bits per heavy atom. The van der Waals surface area contributed by atoms with Gasteiger partial charge in [-0.1, -0.05) is 84.9 Å². The van der Waals surface area contributed by atoms with Gasteiger partial charge in [-0.25, -0.2) is 0 Å². The Morgan fingerprint density at radius 1 is 0.861 bits per heavy atom. The van der Waals surface area contributed by atoms with Crippen LogP contribution >= 0.6 is 11.8 Å². The van der Waals surface area contributed by atoms with Crippen molar-refractivity contribution in [1.29, 1.82) is 0 Å². The number of rotatable bonds is 7. The van der Waals surface area contributed by atoms with E-state index in [2.05, 4.69) is 41.3 Å². The molecule has 1 atom stereocenters. The molecule has 5 rings (SSSR count). The predicted octanol–water partition coefficient (Wildman–Crippen LogP) is 4.93. The smallest absolute Gasteiger partial charge is 0.253 e. The summed E-state index contributed by atoms with van der Waals surface area (Å²) in [5, 5.41) is -0.0191. The number of hydrogen-bond acceptors (Lipinski definition) is 4. The molecule has 2 fully saturated rings. The van der Waals surface area contributed by atoms with Crippen LogP contribution in [0.3, 0.4) is 0 Å². The second-order valence-corrected chi connectivity index (χ2v) is 10.3. The molecule has 2 aliphatic heterocycles. The highest BCUT2D eigenvalue weighted by Gasteiger charge is 2.33. The van der Waals surface area contributed by atoms with Crippen molar-refractivity contribution in [2.75, 3.05) is 38.5 Å². The van der Waals surface area contributed by atoms with Gasteiger partial charge in [-0.15, -0.1) is 11.8 Å². The van der Waals surface area contributed by atoms with Gasteiger partial charge in [-0.05, 0) is 28.8 Å². The third-order valence-corrected chi connectivity index (χ3v) is 8.00. The average molecular weight is 498 g/mol. The highest BCUT2D eigenvalue weighted by molar-refractivity contribution is 8.00. The fourth-order valence-electron chi connectivity index (χ4n) is 4.69. The lowest BCUT2D eigenvalue weighted by atomic mass is 10.1. The summed E-state index contributed by atoms with van der Waals surface area (Å²) < 4.78 is 0. The minimum absolute atomic E-state index is 0.0191. The van der Waals surface area contributed by atoms with Crippen LogP contribution in [0.15, 0.2) is 91.0 Å². The lowest BCUT2D eigenvalue weighted by molar-refractivity contribution is -0.128. The van der Waals surface area contributed by atoms with Gasteiger partial charge in [0.05, 0.1) is 5.75 Å². The first-order valence-electron chi connectivity index (χ1n) is 12.5. The summed E-state index contributed by atoms with van der Waals surface area (Å²) >= 11 is 1.65. The van der Waals surface area contributed by atoms with Crippen molar-refractivity contribution in [3.63, 3.8) is 0 Å². The zero-order valence-corrected chi connectivity index (χ0v) is 21.1. The van der Waals surface area contributed by atoms with E-state index in [1.54, 1.807) is 11.8 Å². The molecule has 0 aliphatic carbocycles. The molecule has 0 saturated carbocycles. The van der Waals surface area contributed by atoms with Crippen LogP contribution in [-0.4, -0.2) is 65.0 Å². The first kappa shape index (κ1) is 24.3. The van der Waals surface area contributed by atoms with E-state index in [0.29, 0.717) is 17.9 Å². The normalized spacial score (nSPS) is 18.8. The van der Waals surface area contributed by atoms with E-state index >= 15 is 0 Å². The summed E-state index contributed by atoms with van der Waals surface area (Å²) in [4.78, 5) is 31.9. The fourth-order valence-corrected chi connectivity index (χ4v) is 5.88. The highest BCUT2D eigenvalue weighted by atomic mass is 32.2. The number of nitrogens with zero attached hydrogens (tertiary/aromatic N) is 3. The van der Waals surface area contributed by atoms with Crippen LogP contribution in [0.4, 0.5) is 0 Å². The van der Waals surface area contributed by atoms with Gasteiger partial charge in [0, 0.05) is 44.8 Å². The maximum atomic E-state index is 13.1. The minimum Gasteiger partial charge on any atom is -0.336 e. The van der Waals surface area contributed by atoms with Gasteiger partial charge < -0.3 is 9.80 Å². The van der Waals surface area contributed by atoms with Gasteiger partial charge in [-0.3, -0.25) is 14.5 Å². The molecule has 184 valence electrons. The van der Waals surface area contributed by atoms with Crippen molar-refractivity contribution in [3.05, 3.63) is 113 Å². The van der Waals surface area contributed by atoms with E-state index < -0.39 is 0 Å². The summed E-state index contributed by atoms with van der Waals surface area (Å²) in [6, 6.07) is 28.2. The zero-order chi connectivity index (χ0) is 24.7. The zero-order valence-electron chi connectivity index (χ0n) is 20.3. The average Bonchev–Trinajstić information content (AvgIpc) is 3.29. The summed E-state index contributed by atoms with van der Waals surface area (Å²) in [6.07, 6.45) is 4.34. The molecule has 0 aromatic heterocycles. The number of benzene rings is 3. The molecule has 2 heterocycles. The van der Waals surface area contributed by atoms with E-state index in [1.165, 1.54) is 5.56 Å². The van der Waals surface area contributed by atoms with Crippen molar-refractivity contribution < 1.29 is 9.59 Å². The standard InChI is InChI=1S/C30H31N3O2S/c34-28-23-36-30(33(28)22-25-10-5-2-6-11-25)27-15-13-26(14-16-27)29(35)32-20-18-31(19-21-32)17-7-12-24-8-3-1-4-9-24/h1-16,30H,17-23H2/b12-7+/t30-/m1/s1. The Hall–Kier alpha value is -3.35. The largest absolute Gasteiger partial charge is 0.336 e. The number of carbonyl (C=O) groups is 2. The van der Waals surface area contributed by atoms with Crippen molar-refractivity contribution in [3.8, 4) is 0 Å². The molecule has 0 N–H and O–H groups in total. The molecular formula is C30H31N3O2S. The summed E-state index contributed by atoms with van der Waals surface area (Å²) in [6.45, 7) is 4.71. The molecule has 2 amide bonds. The number of hydrogen-bond donors (Lipinski definition) is 0. The highest BCUT2D eigenvalue weighted by Crippen LogP contribution is 2.39. The lowest BCUT2D eigenvalue weighted by Gasteiger charge is -2.34. The minimum atomic E-state index is -0.0191. The first-order chi connectivity index (χ1) is 17.7. The molecular weight excluding hydrogens is 466 g/mol. The maximum absolute atomic E-state index is 13.1. The first-order valence-corrected chi connectivity index (χ1v) is 13.5. The van der Waals surface area contributed by atoms with Gasteiger partial charge >= 0.3 is 0 Å². The number of amides is 2. The molecule has 2 saturated heterocycles. The summed E-state index contributed by atoms with van der Waals surface area (Å²) in [5.41, 5.74) is 4.10. The van der Waals surface area contributed by atoms with Gasteiger partial charge in [0.1, 0.15) is 5.37 Å². The Balaban J connectivity index is 1.15. The van der Waals surface area contributed by atoms with Crippen LogP contribution < -0.4 is 0 Å². The fraction of sp³-hybridized carbons (Fsp3) is 0.267. The second kappa shape index (κ2) is 11.6. The molecule has 0 unspecified atom stereocenters. The Kier molecular flexibility index (Phi) is 7.84. The van der Waals surface area contributed by atoms with Crippen LogP contribution in [0.2, 0.25) is 0 Å². The van der Waals surface area contributed by atoms with Gasteiger partial charge in [0.2, 0.25) is 5.91 Å². The Bertz CT molecular complexity index is 1190. The molecule has 0 radical (unpaired) electrons. The summed E-state index contributed by atoms with van der Waals surface area (Å²) in [5.74, 6) is 0.728. The number of thioether (sulfide) groups is 1. The molecule has 6 heteroatoms. The van der Waals surface area contributed by atoms with Crippen LogP contribution in [0.25, 0.3) is 6.08 Å². The van der Waals surface area contributed by atoms with E-state index in [0.717, 1.165) is 43.9 Å².